The van der Waals surface area contributed by atoms with E-state index in [1.54, 1.807) is 12.4 Å². The van der Waals surface area contributed by atoms with E-state index in [1.807, 2.05) is 4.90 Å². The van der Waals surface area contributed by atoms with Gasteiger partial charge >= 0.3 is 0 Å². The molecule has 0 bridgehead atoms. The molecule has 0 saturated carbocycles. The topological polar surface area (TPSA) is 52.1 Å². The molecule has 1 atom stereocenters. The fourth-order valence-corrected chi connectivity index (χ4v) is 1.36. The molecule has 0 spiro atoms. The highest BCUT2D eigenvalue weighted by Crippen LogP contribution is 2.14. The number of hydrogen-bond acceptors (Lipinski definition) is 3. The Balaban J connectivity index is 2.08. The van der Waals surface area contributed by atoms with Gasteiger partial charge in [0, 0.05) is 25.5 Å². The van der Waals surface area contributed by atoms with Crippen LogP contribution in [0.1, 0.15) is 6.42 Å². The summed E-state index contributed by atoms with van der Waals surface area (Å²) in [5.74, 6) is 0.863. The van der Waals surface area contributed by atoms with Gasteiger partial charge in [0.2, 0.25) is 5.95 Å². The summed E-state index contributed by atoms with van der Waals surface area (Å²) >= 11 is 0. The van der Waals surface area contributed by atoms with Crippen LogP contribution in [-0.4, -0.2) is 34.3 Å². The van der Waals surface area contributed by atoms with Crippen LogP contribution in [0.3, 0.4) is 0 Å². The maximum Gasteiger partial charge on any atom is 0.202 e. The van der Waals surface area contributed by atoms with Crippen molar-refractivity contribution in [3.8, 4) is 0 Å². The average Bonchev–Trinajstić information content (AvgIpc) is 2.55. The van der Waals surface area contributed by atoms with Crippen molar-refractivity contribution in [1.82, 2.24) is 9.97 Å². The zero-order valence-electron chi connectivity index (χ0n) is 6.20. The molecule has 1 aliphatic rings. The molecule has 2 rings (SSSR count). The number of aromatic amines is 1. The number of nitrogens with zero attached hydrogens (tertiary/aromatic N) is 2. The Kier molecular flexibility index (Phi) is 1.54. The van der Waals surface area contributed by atoms with E-state index in [0.717, 1.165) is 18.9 Å². The van der Waals surface area contributed by atoms with Crippen LogP contribution in [0.5, 0.6) is 0 Å². The van der Waals surface area contributed by atoms with Crippen molar-refractivity contribution in [2.75, 3.05) is 18.0 Å². The van der Waals surface area contributed by atoms with Crippen LogP contribution in [0.4, 0.5) is 5.95 Å². The molecule has 0 aliphatic carbocycles. The van der Waals surface area contributed by atoms with Crippen molar-refractivity contribution in [2.24, 2.45) is 0 Å². The van der Waals surface area contributed by atoms with Gasteiger partial charge in [-0.3, -0.25) is 0 Å². The Hall–Kier alpha value is -1.03. The van der Waals surface area contributed by atoms with E-state index in [4.69, 9.17) is 0 Å². The van der Waals surface area contributed by atoms with E-state index < -0.39 is 0 Å². The lowest BCUT2D eigenvalue weighted by Gasteiger charge is -2.12. The summed E-state index contributed by atoms with van der Waals surface area (Å²) in [6, 6.07) is 0. The molecule has 60 valence electrons. The molecule has 1 unspecified atom stereocenters. The quantitative estimate of drug-likeness (QED) is 0.596. The fraction of sp³-hybridized carbons (Fsp3) is 0.571. The third kappa shape index (κ3) is 1.21. The summed E-state index contributed by atoms with van der Waals surface area (Å²) < 4.78 is 0. The zero-order chi connectivity index (χ0) is 7.68. The molecular weight excluding hydrogens is 142 g/mol. The SMILES string of the molecule is OC1CCN(c2ncc[nH]2)C1. The first kappa shape index (κ1) is 6.67. The molecule has 1 fully saturated rings. The Labute approximate surface area is 64.9 Å². The number of hydrogen-bond donors (Lipinski definition) is 2. The van der Waals surface area contributed by atoms with E-state index in [9.17, 15) is 5.11 Å². The molecule has 1 aromatic rings. The second kappa shape index (κ2) is 2.54. The van der Waals surface area contributed by atoms with E-state index >= 15 is 0 Å². The van der Waals surface area contributed by atoms with Crippen LogP contribution in [0.2, 0.25) is 0 Å². The number of aromatic nitrogens is 2. The van der Waals surface area contributed by atoms with Crippen LogP contribution >= 0.6 is 0 Å². The van der Waals surface area contributed by atoms with Gasteiger partial charge in [0.25, 0.3) is 0 Å². The summed E-state index contributed by atoms with van der Waals surface area (Å²) in [6.45, 7) is 1.60. The molecule has 0 radical (unpaired) electrons. The third-order valence-electron chi connectivity index (χ3n) is 1.95. The van der Waals surface area contributed by atoms with Crippen LogP contribution in [-0.2, 0) is 0 Å². The molecule has 2 N–H and O–H groups in total. The standard InChI is InChI=1S/C7H11N3O/c11-6-1-4-10(5-6)7-8-2-3-9-7/h2-3,6,11H,1,4-5H2,(H,8,9). The van der Waals surface area contributed by atoms with Crippen molar-refractivity contribution < 1.29 is 5.11 Å². The maximum absolute atomic E-state index is 9.22. The van der Waals surface area contributed by atoms with E-state index in [1.165, 1.54) is 0 Å². The van der Waals surface area contributed by atoms with Gasteiger partial charge in [-0.05, 0) is 6.42 Å². The van der Waals surface area contributed by atoms with Crippen LogP contribution in [0, 0.1) is 0 Å². The molecule has 11 heavy (non-hydrogen) atoms. The summed E-state index contributed by atoms with van der Waals surface area (Å²) in [7, 11) is 0. The largest absolute Gasteiger partial charge is 0.391 e. The zero-order valence-corrected chi connectivity index (χ0v) is 6.20. The third-order valence-corrected chi connectivity index (χ3v) is 1.95. The van der Waals surface area contributed by atoms with Gasteiger partial charge in [-0.15, -0.1) is 0 Å². The van der Waals surface area contributed by atoms with Crippen molar-refractivity contribution >= 4 is 5.95 Å². The lowest BCUT2D eigenvalue weighted by Crippen LogP contribution is -2.22. The number of aliphatic hydroxyl groups is 1. The number of β-amino-alcohol motifs (C(OH)–C–C–N with tert-alkyl or cyclic N) is 1. The van der Waals surface area contributed by atoms with E-state index in [-0.39, 0.29) is 6.10 Å². The van der Waals surface area contributed by atoms with Gasteiger partial charge < -0.3 is 15.0 Å². The molecular formula is C7H11N3O. The molecule has 4 nitrogen and oxygen atoms in total. The summed E-state index contributed by atoms with van der Waals surface area (Å²) in [4.78, 5) is 9.14. The number of anilines is 1. The average molecular weight is 153 g/mol. The van der Waals surface area contributed by atoms with Crippen LogP contribution < -0.4 is 4.90 Å². The van der Waals surface area contributed by atoms with Crippen molar-refractivity contribution in [3.05, 3.63) is 12.4 Å². The van der Waals surface area contributed by atoms with Crippen molar-refractivity contribution in [2.45, 2.75) is 12.5 Å². The molecule has 4 heteroatoms. The lowest BCUT2D eigenvalue weighted by molar-refractivity contribution is 0.198. The van der Waals surface area contributed by atoms with Gasteiger partial charge in [-0.1, -0.05) is 0 Å². The molecule has 2 heterocycles. The first-order chi connectivity index (χ1) is 5.36. The second-order valence-corrected chi connectivity index (χ2v) is 2.80. The second-order valence-electron chi connectivity index (χ2n) is 2.80. The highest BCUT2D eigenvalue weighted by molar-refractivity contribution is 5.30. The highest BCUT2D eigenvalue weighted by atomic mass is 16.3. The van der Waals surface area contributed by atoms with Crippen LogP contribution in [0.25, 0.3) is 0 Å². The Morgan fingerprint density at radius 3 is 3.18 bits per heavy atom. The monoisotopic (exact) mass is 153 g/mol. The Morgan fingerprint density at radius 2 is 2.64 bits per heavy atom. The van der Waals surface area contributed by atoms with Crippen LogP contribution in [0.15, 0.2) is 12.4 Å². The van der Waals surface area contributed by atoms with E-state index in [2.05, 4.69) is 9.97 Å². The minimum atomic E-state index is -0.180. The Bertz CT molecular complexity index is 222. The molecule has 0 aromatic carbocycles. The minimum absolute atomic E-state index is 0.180. The van der Waals surface area contributed by atoms with Gasteiger partial charge in [0.05, 0.1) is 6.10 Å². The maximum atomic E-state index is 9.22. The number of rotatable bonds is 1. The smallest absolute Gasteiger partial charge is 0.202 e. The first-order valence-corrected chi connectivity index (χ1v) is 3.78. The number of nitrogens with one attached hydrogen (secondary N) is 1. The number of H-pyrrole nitrogens is 1. The van der Waals surface area contributed by atoms with Gasteiger partial charge in [-0.25, -0.2) is 4.98 Å². The first-order valence-electron chi connectivity index (χ1n) is 3.78. The summed E-state index contributed by atoms with van der Waals surface area (Å²) in [5, 5.41) is 9.22. The summed E-state index contributed by atoms with van der Waals surface area (Å²) in [5.41, 5.74) is 0. The lowest BCUT2D eigenvalue weighted by atomic mass is 10.3. The number of imidazole rings is 1. The molecule has 1 saturated heterocycles. The van der Waals surface area contributed by atoms with Gasteiger partial charge in [-0.2, -0.15) is 0 Å². The van der Waals surface area contributed by atoms with Crippen molar-refractivity contribution in [1.29, 1.82) is 0 Å². The number of aliphatic hydroxyl groups excluding tert-OH is 1. The minimum Gasteiger partial charge on any atom is -0.391 e. The highest BCUT2D eigenvalue weighted by Gasteiger charge is 2.21. The molecule has 0 amide bonds. The predicted molar refractivity (Wildman–Crippen MR) is 41.4 cm³/mol. The molecule has 1 aromatic heterocycles. The predicted octanol–water partition coefficient (Wildman–Crippen LogP) is -0.0193. The Morgan fingerprint density at radius 1 is 1.73 bits per heavy atom. The summed E-state index contributed by atoms with van der Waals surface area (Å²) in [6.07, 6.45) is 4.18. The van der Waals surface area contributed by atoms with Gasteiger partial charge in [0.15, 0.2) is 0 Å². The fourth-order valence-electron chi connectivity index (χ4n) is 1.36. The normalized spacial score (nSPS) is 24.5. The molecule has 1 aliphatic heterocycles. The van der Waals surface area contributed by atoms with E-state index in [0.29, 0.717) is 6.54 Å². The van der Waals surface area contributed by atoms with Crippen molar-refractivity contribution in [3.63, 3.8) is 0 Å². The van der Waals surface area contributed by atoms with Gasteiger partial charge in [0.1, 0.15) is 0 Å².